The van der Waals surface area contributed by atoms with Crippen molar-refractivity contribution in [2.45, 2.75) is 6.42 Å². The summed E-state index contributed by atoms with van der Waals surface area (Å²) in [6.07, 6.45) is 3.66. The Labute approximate surface area is 73.5 Å². The predicted molar refractivity (Wildman–Crippen MR) is 50.8 cm³/mol. The number of rotatable bonds is 6. The number of hydrogen-bond donors (Lipinski definition) is 2. The fourth-order valence-electron chi connectivity index (χ4n) is 0.887. The fraction of sp³-hybridized carbons (Fsp3) is 0.400. The second-order valence-corrected chi connectivity index (χ2v) is 2.92. The van der Waals surface area contributed by atoms with Gasteiger partial charge in [-0.3, -0.25) is 0 Å². The lowest BCUT2D eigenvalue weighted by Crippen LogP contribution is -2.27. The van der Waals surface area contributed by atoms with E-state index in [0.29, 0.717) is 6.42 Å². The molecule has 0 atom stereocenters. The second-order valence-electron chi connectivity index (χ2n) is 2.92. The maximum atomic E-state index is 9.01. The largest absolute Gasteiger partial charge is 0.395 e. The van der Waals surface area contributed by atoms with Gasteiger partial charge in [-0.15, -0.1) is 6.58 Å². The van der Waals surface area contributed by atoms with Crippen LogP contribution < -0.4 is 0 Å². The topological polar surface area (TPSA) is 40.5 Å². The molecule has 2 N–H and O–H groups in total. The van der Waals surface area contributed by atoms with Gasteiger partial charge in [-0.25, -0.2) is 0 Å². The molecular weight excluding hydrogens is 152 g/mol. The fourth-order valence-corrected chi connectivity index (χ4v) is 0.887. The summed E-state index contributed by atoms with van der Waals surface area (Å²) in [4.78, 5) is 0. The van der Waals surface area contributed by atoms with E-state index in [4.69, 9.17) is 10.2 Å². The molecule has 0 amide bonds. The SMILES string of the molecule is C=CC(=C)CC(C=C)(CO)CO. The first-order valence-electron chi connectivity index (χ1n) is 3.79. The summed E-state index contributed by atoms with van der Waals surface area (Å²) in [7, 11) is 0. The molecule has 0 saturated carbocycles. The van der Waals surface area contributed by atoms with E-state index in [1.54, 1.807) is 12.2 Å². The summed E-state index contributed by atoms with van der Waals surface area (Å²) in [5, 5.41) is 18.0. The standard InChI is InChI=1S/C10H16O2/c1-4-9(3)6-10(5-2,7-11)8-12/h4-5,11-12H,1-3,6-8H2. The highest BCUT2D eigenvalue weighted by Gasteiger charge is 2.24. The van der Waals surface area contributed by atoms with Crippen LogP contribution in [0.25, 0.3) is 0 Å². The molecule has 0 fully saturated rings. The third kappa shape index (κ3) is 2.64. The van der Waals surface area contributed by atoms with Gasteiger partial charge in [0.05, 0.1) is 13.2 Å². The van der Waals surface area contributed by atoms with Gasteiger partial charge in [0.25, 0.3) is 0 Å². The molecule has 0 heterocycles. The Bertz CT molecular complexity index is 178. The average molecular weight is 168 g/mol. The van der Waals surface area contributed by atoms with Gasteiger partial charge in [-0.05, 0) is 6.42 Å². The van der Waals surface area contributed by atoms with Crippen molar-refractivity contribution in [3.63, 3.8) is 0 Å². The van der Waals surface area contributed by atoms with Crippen molar-refractivity contribution < 1.29 is 10.2 Å². The lowest BCUT2D eigenvalue weighted by atomic mass is 9.83. The highest BCUT2D eigenvalue weighted by atomic mass is 16.3. The molecule has 0 rings (SSSR count). The minimum atomic E-state index is -0.648. The molecule has 2 heteroatoms. The van der Waals surface area contributed by atoms with Gasteiger partial charge in [0, 0.05) is 5.41 Å². The molecule has 0 aromatic heterocycles. The van der Waals surface area contributed by atoms with Crippen molar-refractivity contribution in [1.82, 2.24) is 0 Å². The van der Waals surface area contributed by atoms with Crippen molar-refractivity contribution >= 4 is 0 Å². The van der Waals surface area contributed by atoms with E-state index in [0.717, 1.165) is 5.57 Å². The molecule has 0 saturated heterocycles. The van der Waals surface area contributed by atoms with Crippen LogP contribution in [0.2, 0.25) is 0 Å². The summed E-state index contributed by atoms with van der Waals surface area (Å²) >= 11 is 0. The van der Waals surface area contributed by atoms with Crippen LogP contribution in [0.15, 0.2) is 37.5 Å². The minimum absolute atomic E-state index is 0.125. The second kappa shape index (κ2) is 4.91. The van der Waals surface area contributed by atoms with Gasteiger partial charge in [-0.1, -0.05) is 30.9 Å². The van der Waals surface area contributed by atoms with Crippen LogP contribution in [0, 0.1) is 5.41 Å². The minimum Gasteiger partial charge on any atom is -0.395 e. The molecular formula is C10H16O2. The van der Waals surface area contributed by atoms with Crippen molar-refractivity contribution in [1.29, 1.82) is 0 Å². The summed E-state index contributed by atoms with van der Waals surface area (Å²) in [6, 6.07) is 0. The Morgan fingerprint density at radius 1 is 1.25 bits per heavy atom. The molecule has 0 aromatic carbocycles. The Kier molecular flexibility index (Phi) is 4.55. The molecule has 12 heavy (non-hydrogen) atoms. The van der Waals surface area contributed by atoms with Crippen LogP contribution >= 0.6 is 0 Å². The van der Waals surface area contributed by atoms with Crippen LogP contribution in [-0.2, 0) is 0 Å². The number of hydrogen-bond acceptors (Lipinski definition) is 2. The zero-order valence-corrected chi connectivity index (χ0v) is 7.29. The van der Waals surface area contributed by atoms with Gasteiger partial charge in [-0.2, -0.15) is 0 Å². The molecule has 0 aromatic rings. The quantitative estimate of drug-likeness (QED) is 0.463. The smallest absolute Gasteiger partial charge is 0.0547 e. The molecule has 0 aliphatic heterocycles. The molecule has 2 nitrogen and oxygen atoms in total. The van der Waals surface area contributed by atoms with Crippen LogP contribution in [-0.4, -0.2) is 23.4 Å². The Morgan fingerprint density at radius 2 is 1.75 bits per heavy atom. The third-order valence-electron chi connectivity index (χ3n) is 1.93. The molecule has 0 bridgehead atoms. The van der Waals surface area contributed by atoms with E-state index in [-0.39, 0.29) is 13.2 Å². The average Bonchev–Trinajstić information content (AvgIpc) is 2.14. The monoisotopic (exact) mass is 168 g/mol. The van der Waals surface area contributed by atoms with Crippen LogP contribution in [0.5, 0.6) is 0 Å². The molecule has 0 aliphatic rings. The third-order valence-corrected chi connectivity index (χ3v) is 1.93. The maximum Gasteiger partial charge on any atom is 0.0547 e. The van der Waals surface area contributed by atoms with Gasteiger partial charge in [0.15, 0.2) is 0 Å². The van der Waals surface area contributed by atoms with Gasteiger partial charge in [0.1, 0.15) is 0 Å². The lowest BCUT2D eigenvalue weighted by Gasteiger charge is -2.25. The highest BCUT2D eigenvalue weighted by Crippen LogP contribution is 2.26. The number of aliphatic hydroxyl groups is 2. The number of aliphatic hydroxyl groups excluding tert-OH is 2. The normalized spacial score (nSPS) is 10.8. The van der Waals surface area contributed by atoms with Crippen LogP contribution in [0.1, 0.15) is 6.42 Å². The summed E-state index contributed by atoms with van der Waals surface area (Å²) in [6.45, 7) is 10.6. The van der Waals surface area contributed by atoms with Gasteiger partial charge in [0.2, 0.25) is 0 Å². The van der Waals surface area contributed by atoms with E-state index >= 15 is 0 Å². The molecule has 0 aliphatic carbocycles. The Balaban J connectivity index is 4.39. The Hall–Kier alpha value is -0.860. The van der Waals surface area contributed by atoms with Crippen molar-refractivity contribution in [3.05, 3.63) is 37.5 Å². The summed E-state index contributed by atoms with van der Waals surface area (Å²) in [5.41, 5.74) is 0.142. The first kappa shape index (κ1) is 11.1. The zero-order chi connectivity index (χ0) is 9.61. The first-order chi connectivity index (χ1) is 5.64. The van der Waals surface area contributed by atoms with Crippen LogP contribution in [0.3, 0.4) is 0 Å². The molecule has 0 spiro atoms. The van der Waals surface area contributed by atoms with Gasteiger partial charge < -0.3 is 10.2 Å². The summed E-state index contributed by atoms with van der Waals surface area (Å²) < 4.78 is 0. The van der Waals surface area contributed by atoms with E-state index in [9.17, 15) is 0 Å². The highest BCUT2D eigenvalue weighted by molar-refractivity contribution is 5.16. The van der Waals surface area contributed by atoms with E-state index in [1.165, 1.54) is 0 Å². The van der Waals surface area contributed by atoms with Crippen LogP contribution in [0.4, 0.5) is 0 Å². The lowest BCUT2D eigenvalue weighted by molar-refractivity contribution is 0.0947. The van der Waals surface area contributed by atoms with E-state index in [2.05, 4.69) is 19.7 Å². The zero-order valence-electron chi connectivity index (χ0n) is 7.29. The van der Waals surface area contributed by atoms with Crippen molar-refractivity contribution in [3.8, 4) is 0 Å². The van der Waals surface area contributed by atoms with Gasteiger partial charge >= 0.3 is 0 Å². The Morgan fingerprint density at radius 3 is 2.00 bits per heavy atom. The van der Waals surface area contributed by atoms with Crippen molar-refractivity contribution in [2.75, 3.05) is 13.2 Å². The van der Waals surface area contributed by atoms with E-state index in [1.807, 2.05) is 0 Å². The number of allylic oxidation sites excluding steroid dienone is 2. The molecule has 0 unspecified atom stereocenters. The predicted octanol–water partition coefficient (Wildman–Crippen LogP) is 1.28. The maximum absolute atomic E-state index is 9.01. The summed E-state index contributed by atoms with van der Waals surface area (Å²) in [5.74, 6) is 0. The first-order valence-corrected chi connectivity index (χ1v) is 3.79. The molecule has 68 valence electrons. The van der Waals surface area contributed by atoms with Crippen molar-refractivity contribution in [2.24, 2.45) is 5.41 Å². The molecule has 0 radical (unpaired) electrons. The van der Waals surface area contributed by atoms with E-state index < -0.39 is 5.41 Å².